The zero-order valence-corrected chi connectivity index (χ0v) is 11.9. The Morgan fingerprint density at radius 1 is 1.24 bits per heavy atom. The summed E-state index contributed by atoms with van der Waals surface area (Å²) in [7, 11) is 0. The number of rotatable bonds is 4. The smallest absolute Gasteiger partial charge is 0.280 e. The van der Waals surface area contributed by atoms with Gasteiger partial charge in [-0.2, -0.15) is 0 Å². The minimum atomic E-state index is -0.103. The Balaban J connectivity index is 1.82. The highest BCUT2D eigenvalue weighted by Gasteiger charge is 2.24. The first kappa shape index (κ1) is 13.8. The van der Waals surface area contributed by atoms with Crippen molar-refractivity contribution < 1.29 is 9.32 Å². The molecule has 0 radical (unpaired) electrons. The van der Waals surface area contributed by atoms with E-state index in [4.69, 9.17) is 4.52 Å². The minimum Gasteiger partial charge on any atom is -0.364 e. The minimum absolute atomic E-state index is 0.103. The summed E-state index contributed by atoms with van der Waals surface area (Å²) in [6.07, 6.45) is 3.62. The lowest BCUT2D eigenvalue weighted by Crippen LogP contribution is -2.39. The molecule has 110 valence electrons. The van der Waals surface area contributed by atoms with Crippen LogP contribution in [0.4, 0.5) is 5.69 Å². The molecule has 0 unspecified atom stereocenters. The third-order valence-corrected chi connectivity index (χ3v) is 3.87. The summed E-state index contributed by atoms with van der Waals surface area (Å²) < 4.78 is 4.80. The van der Waals surface area contributed by atoms with Gasteiger partial charge in [0.05, 0.1) is 0 Å². The number of piperidine rings is 1. The molecule has 0 bridgehead atoms. The molecule has 1 fully saturated rings. The van der Waals surface area contributed by atoms with Gasteiger partial charge in [0.1, 0.15) is 6.26 Å². The average Bonchev–Trinajstić information content (AvgIpc) is 3.08. The van der Waals surface area contributed by atoms with Gasteiger partial charge in [0.25, 0.3) is 5.91 Å². The highest BCUT2D eigenvalue weighted by molar-refractivity contribution is 6.04. The predicted octanol–water partition coefficient (Wildman–Crippen LogP) is 2.32. The normalized spacial score (nSPS) is 15.8. The Hall–Kier alpha value is -2.14. The maximum absolute atomic E-state index is 12.7. The summed E-state index contributed by atoms with van der Waals surface area (Å²) >= 11 is 0. The Labute approximate surface area is 123 Å². The molecule has 1 N–H and O–H groups in total. The maximum Gasteiger partial charge on any atom is 0.280 e. The third-order valence-electron chi connectivity index (χ3n) is 3.87. The van der Waals surface area contributed by atoms with Crippen LogP contribution in [0.5, 0.6) is 0 Å². The van der Waals surface area contributed by atoms with Crippen molar-refractivity contribution >= 4 is 11.6 Å². The molecule has 0 atom stereocenters. The molecule has 1 aliphatic rings. The number of nitrogens with one attached hydrogen (secondary N) is 1. The van der Waals surface area contributed by atoms with Gasteiger partial charge in [-0.25, -0.2) is 0 Å². The van der Waals surface area contributed by atoms with Gasteiger partial charge in [-0.15, -0.1) is 0 Å². The molecule has 1 aliphatic heterocycles. The first-order valence-corrected chi connectivity index (χ1v) is 7.32. The van der Waals surface area contributed by atoms with Crippen LogP contribution in [0.25, 0.3) is 0 Å². The fraction of sp³-hybridized carbons (Fsp3) is 0.375. The van der Waals surface area contributed by atoms with Crippen LogP contribution >= 0.6 is 0 Å². The van der Waals surface area contributed by atoms with E-state index in [0.29, 0.717) is 11.6 Å². The summed E-state index contributed by atoms with van der Waals surface area (Å²) in [6.45, 7) is 2.76. The van der Waals surface area contributed by atoms with Crippen molar-refractivity contribution in [1.82, 2.24) is 10.5 Å². The molecule has 1 amide bonds. The molecular weight excluding hydrogens is 266 g/mol. The predicted molar refractivity (Wildman–Crippen MR) is 80.2 cm³/mol. The molecule has 1 saturated heterocycles. The zero-order chi connectivity index (χ0) is 14.5. The third kappa shape index (κ3) is 3.31. The van der Waals surface area contributed by atoms with E-state index >= 15 is 0 Å². The number of para-hydroxylation sites is 1. The van der Waals surface area contributed by atoms with Crippen LogP contribution in [0, 0.1) is 5.92 Å². The standard InChI is InChI=1S/C16H19N3O2/c20-16(15-8-11-21-18-15)19(14-4-2-1-3-5-14)12-13-6-9-17-10-7-13/h1-5,8,11,13,17H,6-7,9-10,12H2. The molecule has 0 aliphatic carbocycles. The van der Waals surface area contributed by atoms with Gasteiger partial charge in [-0.3, -0.25) is 4.79 Å². The van der Waals surface area contributed by atoms with Crippen molar-refractivity contribution in [2.45, 2.75) is 12.8 Å². The number of carbonyl (C=O) groups is 1. The summed E-state index contributed by atoms with van der Waals surface area (Å²) in [5.41, 5.74) is 1.26. The number of amides is 1. The molecule has 0 spiro atoms. The van der Waals surface area contributed by atoms with Crippen LogP contribution in [0.15, 0.2) is 47.2 Å². The largest absolute Gasteiger partial charge is 0.364 e. The van der Waals surface area contributed by atoms with E-state index in [2.05, 4.69) is 10.5 Å². The van der Waals surface area contributed by atoms with Gasteiger partial charge in [-0.05, 0) is 44.0 Å². The van der Waals surface area contributed by atoms with E-state index in [1.54, 1.807) is 6.07 Å². The van der Waals surface area contributed by atoms with Crippen molar-refractivity contribution in [3.63, 3.8) is 0 Å². The van der Waals surface area contributed by atoms with Gasteiger partial charge in [0.15, 0.2) is 5.69 Å². The SMILES string of the molecule is O=C(c1ccon1)N(CC1CCNCC1)c1ccccc1. The molecule has 1 aromatic carbocycles. The average molecular weight is 285 g/mol. The second-order valence-corrected chi connectivity index (χ2v) is 5.33. The summed E-state index contributed by atoms with van der Waals surface area (Å²) in [5, 5.41) is 7.13. The Morgan fingerprint density at radius 3 is 2.67 bits per heavy atom. The lowest BCUT2D eigenvalue weighted by molar-refractivity contribution is 0.0972. The number of benzene rings is 1. The van der Waals surface area contributed by atoms with E-state index in [9.17, 15) is 4.79 Å². The molecule has 5 nitrogen and oxygen atoms in total. The number of hydrogen-bond acceptors (Lipinski definition) is 4. The highest BCUT2D eigenvalue weighted by atomic mass is 16.5. The van der Waals surface area contributed by atoms with Gasteiger partial charge >= 0.3 is 0 Å². The van der Waals surface area contributed by atoms with Crippen LogP contribution in [0.3, 0.4) is 0 Å². The second-order valence-electron chi connectivity index (χ2n) is 5.33. The molecule has 1 aromatic heterocycles. The molecule has 5 heteroatoms. The van der Waals surface area contributed by atoms with Crippen molar-refractivity contribution in [2.24, 2.45) is 5.92 Å². The summed E-state index contributed by atoms with van der Waals surface area (Å²) in [6, 6.07) is 11.4. The van der Waals surface area contributed by atoms with Crippen LogP contribution in [-0.4, -0.2) is 30.7 Å². The van der Waals surface area contributed by atoms with Gasteiger partial charge in [-0.1, -0.05) is 23.4 Å². The van der Waals surface area contributed by atoms with Gasteiger partial charge in [0.2, 0.25) is 0 Å². The van der Waals surface area contributed by atoms with Crippen molar-refractivity contribution in [3.05, 3.63) is 48.4 Å². The van der Waals surface area contributed by atoms with Gasteiger partial charge in [0, 0.05) is 18.3 Å². The fourth-order valence-electron chi connectivity index (χ4n) is 2.70. The highest BCUT2D eigenvalue weighted by Crippen LogP contribution is 2.21. The maximum atomic E-state index is 12.7. The molecule has 21 heavy (non-hydrogen) atoms. The van der Waals surface area contributed by atoms with Crippen molar-refractivity contribution in [3.8, 4) is 0 Å². The Kier molecular flexibility index (Phi) is 4.31. The quantitative estimate of drug-likeness (QED) is 0.936. The second kappa shape index (κ2) is 6.54. The van der Waals surface area contributed by atoms with Crippen molar-refractivity contribution in [1.29, 1.82) is 0 Å². The lowest BCUT2D eigenvalue weighted by Gasteiger charge is -2.29. The number of aromatic nitrogens is 1. The first-order valence-electron chi connectivity index (χ1n) is 7.32. The Morgan fingerprint density at radius 2 is 2.00 bits per heavy atom. The van der Waals surface area contributed by atoms with E-state index < -0.39 is 0 Å². The van der Waals surface area contributed by atoms with Crippen LogP contribution in [0.1, 0.15) is 23.3 Å². The van der Waals surface area contributed by atoms with E-state index in [0.717, 1.165) is 38.2 Å². The number of anilines is 1. The molecular formula is C16H19N3O2. The number of carbonyl (C=O) groups excluding carboxylic acids is 1. The molecule has 2 aromatic rings. The van der Waals surface area contributed by atoms with E-state index in [1.807, 2.05) is 35.2 Å². The molecule has 0 saturated carbocycles. The van der Waals surface area contributed by atoms with Crippen LogP contribution in [-0.2, 0) is 0 Å². The van der Waals surface area contributed by atoms with Gasteiger partial charge < -0.3 is 14.7 Å². The molecule has 3 rings (SSSR count). The monoisotopic (exact) mass is 285 g/mol. The molecule has 2 heterocycles. The topological polar surface area (TPSA) is 58.4 Å². The van der Waals surface area contributed by atoms with Crippen LogP contribution < -0.4 is 10.2 Å². The van der Waals surface area contributed by atoms with Crippen molar-refractivity contribution in [2.75, 3.05) is 24.5 Å². The number of hydrogen-bond donors (Lipinski definition) is 1. The Bertz CT molecular complexity index is 562. The first-order chi connectivity index (χ1) is 10.3. The van der Waals surface area contributed by atoms with E-state index in [-0.39, 0.29) is 5.91 Å². The summed E-state index contributed by atoms with van der Waals surface area (Å²) in [4.78, 5) is 14.5. The summed E-state index contributed by atoms with van der Waals surface area (Å²) in [5.74, 6) is 0.413. The lowest BCUT2D eigenvalue weighted by atomic mass is 9.97. The van der Waals surface area contributed by atoms with Crippen LogP contribution in [0.2, 0.25) is 0 Å². The number of nitrogens with zero attached hydrogens (tertiary/aromatic N) is 2. The fourth-order valence-corrected chi connectivity index (χ4v) is 2.70. The van der Waals surface area contributed by atoms with E-state index in [1.165, 1.54) is 6.26 Å². The zero-order valence-electron chi connectivity index (χ0n) is 11.9.